The smallest absolute Gasteiger partial charge is 0.272 e. The van der Waals surface area contributed by atoms with Gasteiger partial charge in [-0.15, -0.1) is 0 Å². The third-order valence-corrected chi connectivity index (χ3v) is 6.04. The van der Waals surface area contributed by atoms with Crippen LogP contribution in [0.3, 0.4) is 0 Å². The summed E-state index contributed by atoms with van der Waals surface area (Å²) >= 11 is 5.88. The Balaban J connectivity index is 2.32. The van der Waals surface area contributed by atoms with Crippen molar-refractivity contribution in [1.82, 2.24) is 4.31 Å². The number of benzene rings is 2. The summed E-state index contributed by atoms with van der Waals surface area (Å²) in [5.41, 5.74) is 2.98. The first-order valence-electron chi connectivity index (χ1n) is 8.12. The van der Waals surface area contributed by atoms with E-state index in [0.717, 1.165) is 6.07 Å². The molecule has 0 aliphatic heterocycles. The fraction of sp³-hybridized carbons (Fsp3) is 0.235. The van der Waals surface area contributed by atoms with Gasteiger partial charge in [-0.05, 0) is 29.8 Å². The molecular formula is C17H19ClN4O4S. The van der Waals surface area contributed by atoms with Gasteiger partial charge in [0.25, 0.3) is 5.69 Å². The highest BCUT2D eigenvalue weighted by atomic mass is 35.5. The standard InChI is InChI=1S/C17H19ClN4O4S/c1-3-21(4-2)27(25,26)15-8-9-16(17(11-15)22(23)24)20-19-12-13-6-5-7-14(18)10-13/h5-12,20H,3-4H2,1-2H3/b19-12+. The highest BCUT2D eigenvalue weighted by Gasteiger charge is 2.25. The maximum absolute atomic E-state index is 12.6. The van der Waals surface area contributed by atoms with Crippen LogP contribution in [0.4, 0.5) is 11.4 Å². The second-order valence-electron chi connectivity index (χ2n) is 5.45. The molecule has 0 unspecified atom stereocenters. The van der Waals surface area contributed by atoms with Gasteiger partial charge in [-0.2, -0.15) is 9.41 Å². The molecule has 0 aliphatic carbocycles. The molecule has 144 valence electrons. The average molecular weight is 411 g/mol. The molecule has 2 aromatic rings. The maximum atomic E-state index is 12.6. The zero-order chi connectivity index (χ0) is 20.0. The van der Waals surface area contributed by atoms with Crippen LogP contribution in [0.5, 0.6) is 0 Å². The number of hydrogen-bond acceptors (Lipinski definition) is 6. The molecular weight excluding hydrogens is 392 g/mol. The van der Waals surface area contributed by atoms with Crippen molar-refractivity contribution in [2.45, 2.75) is 18.7 Å². The topological polar surface area (TPSA) is 105 Å². The minimum atomic E-state index is -3.79. The third-order valence-electron chi connectivity index (χ3n) is 3.76. The van der Waals surface area contributed by atoms with Gasteiger partial charge in [-0.25, -0.2) is 8.42 Å². The molecule has 0 saturated carbocycles. The van der Waals surface area contributed by atoms with Crippen LogP contribution in [0, 0.1) is 10.1 Å². The van der Waals surface area contributed by atoms with Crippen molar-refractivity contribution in [3.63, 3.8) is 0 Å². The van der Waals surface area contributed by atoms with Gasteiger partial charge in [0.05, 0.1) is 16.0 Å². The molecule has 27 heavy (non-hydrogen) atoms. The Morgan fingerprint density at radius 1 is 1.22 bits per heavy atom. The van der Waals surface area contributed by atoms with Crippen LogP contribution in [-0.2, 0) is 10.0 Å². The van der Waals surface area contributed by atoms with Crippen molar-refractivity contribution in [2.24, 2.45) is 5.10 Å². The van der Waals surface area contributed by atoms with E-state index in [1.165, 1.54) is 22.7 Å². The molecule has 0 bridgehead atoms. The summed E-state index contributed by atoms with van der Waals surface area (Å²) in [4.78, 5) is 10.6. The lowest BCUT2D eigenvalue weighted by Gasteiger charge is -2.18. The van der Waals surface area contributed by atoms with Crippen LogP contribution < -0.4 is 5.43 Å². The summed E-state index contributed by atoms with van der Waals surface area (Å²) in [7, 11) is -3.79. The van der Waals surface area contributed by atoms with Crippen molar-refractivity contribution in [1.29, 1.82) is 0 Å². The molecule has 1 N–H and O–H groups in total. The molecule has 8 nitrogen and oxygen atoms in total. The number of nitro groups is 1. The molecule has 0 spiro atoms. The lowest BCUT2D eigenvalue weighted by atomic mass is 10.2. The fourth-order valence-corrected chi connectivity index (χ4v) is 4.07. The predicted octanol–water partition coefficient (Wildman–Crippen LogP) is 3.72. The molecule has 10 heteroatoms. The number of rotatable bonds is 8. The zero-order valence-electron chi connectivity index (χ0n) is 14.8. The molecule has 0 aliphatic rings. The van der Waals surface area contributed by atoms with Gasteiger partial charge >= 0.3 is 0 Å². The number of anilines is 1. The normalized spacial score (nSPS) is 11.9. The first kappa shape index (κ1) is 20.8. The van der Waals surface area contributed by atoms with Gasteiger partial charge in [-0.1, -0.05) is 37.6 Å². The Morgan fingerprint density at radius 2 is 1.93 bits per heavy atom. The van der Waals surface area contributed by atoms with Gasteiger partial charge < -0.3 is 0 Å². The Morgan fingerprint density at radius 3 is 2.52 bits per heavy atom. The molecule has 0 saturated heterocycles. The minimum Gasteiger partial charge on any atom is -0.272 e. The summed E-state index contributed by atoms with van der Waals surface area (Å²) in [5.74, 6) is 0. The van der Waals surface area contributed by atoms with Crippen LogP contribution in [0.1, 0.15) is 19.4 Å². The van der Waals surface area contributed by atoms with Crippen molar-refractivity contribution >= 4 is 39.2 Å². The van der Waals surface area contributed by atoms with E-state index < -0.39 is 14.9 Å². The molecule has 0 amide bonds. The van der Waals surface area contributed by atoms with Crippen LogP contribution in [0.15, 0.2) is 52.5 Å². The van der Waals surface area contributed by atoms with E-state index in [2.05, 4.69) is 10.5 Å². The predicted molar refractivity (Wildman–Crippen MR) is 106 cm³/mol. The highest BCUT2D eigenvalue weighted by molar-refractivity contribution is 7.89. The van der Waals surface area contributed by atoms with E-state index in [9.17, 15) is 18.5 Å². The van der Waals surface area contributed by atoms with E-state index in [1.807, 2.05) is 0 Å². The molecule has 2 aromatic carbocycles. The number of halogens is 1. The highest BCUT2D eigenvalue weighted by Crippen LogP contribution is 2.29. The number of hydrazone groups is 1. The van der Waals surface area contributed by atoms with Crippen LogP contribution in [0.25, 0.3) is 0 Å². The van der Waals surface area contributed by atoms with Crippen molar-refractivity contribution in [3.8, 4) is 0 Å². The van der Waals surface area contributed by atoms with Gasteiger partial charge in [0.1, 0.15) is 5.69 Å². The first-order chi connectivity index (χ1) is 12.8. The van der Waals surface area contributed by atoms with Crippen LogP contribution in [-0.4, -0.2) is 37.0 Å². The number of nitrogens with one attached hydrogen (secondary N) is 1. The quantitative estimate of drug-likeness (QED) is 0.405. The van der Waals surface area contributed by atoms with Crippen LogP contribution >= 0.6 is 11.6 Å². The summed E-state index contributed by atoms with van der Waals surface area (Å²) < 4.78 is 26.3. The lowest BCUT2D eigenvalue weighted by molar-refractivity contribution is -0.384. The lowest BCUT2D eigenvalue weighted by Crippen LogP contribution is -2.30. The van der Waals surface area contributed by atoms with Crippen molar-refractivity contribution < 1.29 is 13.3 Å². The fourth-order valence-electron chi connectivity index (χ4n) is 2.39. The van der Waals surface area contributed by atoms with E-state index in [4.69, 9.17) is 11.6 Å². The molecule has 0 heterocycles. The molecule has 0 radical (unpaired) electrons. The first-order valence-corrected chi connectivity index (χ1v) is 9.94. The molecule has 0 aromatic heterocycles. The summed E-state index contributed by atoms with van der Waals surface area (Å²) in [6.07, 6.45) is 1.45. The van der Waals surface area contributed by atoms with Gasteiger partial charge in [0.2, 0.25) is 10.0 Å². The maximum Gasteiger partial charge on any atom is 0.295 e. The second kappa shape index (κ2) is 8.94. The van der Waals surface area contributed by atoms with E-state index >= 15 is 0 Å². The Labute approximate surface area is 162 Å². The number of nitrogens with zero attached hydrogens (tertiary/aromatic N) is 3. The Kier molecular flexibility index (Phi) is 6.89. The van der Waals surface area contributed by atoms with Crippen molar-refractivity contribution in [3.05, 3.63) is 63.2 Å². The Bertz CT molecular complexity index is 959. The molecule has 0 fully saturated rings. The van der Waals surface area contributed by atoms with Crippen molar-refractivity contribution in [2.75, 3.05) is 18.5 Å². The third kappa shape index (κ3) is 5.03. The summed E-state index contributed by atoms with van der Waals surface area (Å²) in [5, 5.41) is 15.9. The van der Waals surface area contributed by atoms with E-state index in [0.29, 0.717) is 10.6 Å². The second-order valence-corrected chi connectivity index (χ2v) is 7.82. The van der Waals surface area contributed by atoms with E-state index in [-0.39, 0.29) is 29.4 Å². The number of hydrogen-bond donors (Lipinski definition) is 1. The Hall–Kier alpha value is -2.49. The SMILES string of the molecule is CCN(CC)S(=O)(=O)c1ccc(N/N=C/c2cccc(Cl)c2)c([N+](=O)[O-])c1. The summed E-state index contributed by atoms with van der Waals surface area (Å²) in [6, 6.07) is 10.6. The monoisotopic (exact) mass is 410 g/mol. The van der Waals surface area contributed by atoms with Gasteiger partial charge in [0, 0.05) is 24.2 Å². The van der Waals surface area contributed by atoms with Gasteiger partial charge in [0.15, 0.2) is 0 Å². The van der Waals surface area contributed by atoms with Crippen LogP contribution in [0.2, 0.25) is 5.02 Å². The largest absolute Gasteiger partial charge is 0.295 e. The number of nitro benzene ring substituents is 1. The molecule has 0 atom stereocenters. The zero-order valence-corrected chi connectivity index (χ0v) is 16.4. The minimum absolute atomic E-state index is 0.0803. The average Bonchev–Trinajstić information content (AvgIpc) is 2.62. The number of sulfonamides is 1. The summed E-state index contributed by atoms with van der Waals surface area (Å²) in [6.45, 7) is 3.96. The van der Waals surface area contributed by atoms with Gasteiger partial charge in [-0.3, -0.25) is 15.5 Å². The van der Waals surface area contributed by atoms with E-state index in [1.54, 1.807) is 38.1 Å². The molecule has 2 rings (SSSR count).